The van der Waals surface area contributed by atoms with Gasteiger partial charge in [-0.1, -0.05) is 30.3 Å². The summed E-state index contributed by atoms with van der Waals surface area (Å²) in [5, 5.41) is 3.39. The molecule has 2 saturated heterocycles. The lowest BCUT2D eigenvalue weighted by Gasteiger charge is -2.36. The van der Waals surface area contributed by atoms with Crippen LogP contribution in [0.15, 0.2) is 30.3 Å². The van der Waals surface area contributed by atoms with Gasteiger partial charge in [-0.3, -0.25) is 9.69 Å². The molecule has 1 amide bonds. The highest BCUT2D eigenvalue weighted by molar-refractivity contribution is 5.79. The van der Waals surface area contributed by atoms with Gasteiger partial charge in [0.1, 0.15) is 0 Å². The highest BCUT2D eigenvalue weighted by Gasteiger charge is 2.27. The van der Waals surface area contributed by atoms with Crippen molar-refractivity contribution in [2.24, 2.45) is 5.92 Å². The van der Waals surface area contributed by atoms with Crippen LogP contribution < -0.4 is 5.32 Å². The maximum atomic E-state index is 12.7. The Morgan fingerprint density at radius 1 is 1.05 bits per heavy atom. The highest BCUT2D eigenvalue weighted by Crippen LogP contribution is 2.18. The largest absolute Gasteiger partial charge is 0.340 e. The number of benzene rings is 1. The summed E-state index contributed by atoms with van der Waals surface area (Å²) in [5.41, 5.74) is 1.36. The zero-order chi connectivity index (χ0) is 15.2. The third kappa shape index (κ3) is 4.08. The molecule has 1 aromatic carbocycles. The zero-order valence-electron chi connectivity index (χ0n) is 13.3. The van der Waals surface area contributed by atoms with Gasteiger partial charge in [-0.2, -0.15) is 0 Å². The minimum absolute atomic E-state index is 0.246. The van der Waals surface area contributed by atoms with Crippen LogP contribution in [0.25, 0.3) is 0 Å². The Hall–Kier alpha value is -1.39. The van der Waals surface area contributed by atoms with Crippen molar-refractivity contribution in [2.75, 3.05) is 39.3 Å². The second kappa shape index (κ2) is 7.75. The molecule has 2 heterocycles. The van der Waals surface area contributed by atoms with Crippen molar-refractivity contribution in [1.29, 1.82) is 0 Å². The molecule has 0 aromatic heterocycles. The van der Waals surface area contributed by atoms with Gasteiger partial charge in [-0.15, -0.1) is 0 Å². The summed E-state index contributed by atoms with van der Waals surface area (Å²) in [7, 11) is 0. The maximum absolute atomic E-state index is 12.7. The normalized spacial score (nSPS) is 24.0. The molecule has 4 nitrogen and oxygen atoms in total. The molecule has 2 aliphatic heterocycles. The van der Waals surface area contributed by atoms with Crippen molar-refractivity contribution in [1.82, 2.24) is 15.1 Å². The minimum Gasteiger partial charge on any atom is -0.340 e. The van der Waals surface area contributed by atoms with Crippen molar-refractivity contribution in [3.63, 3.8) is 0 Å². The van der Waals surface area contributed by atoms with Crippen LogP contribution in [0.2, 0.25) is 0 Å². The Morgan fingerprint density at radius 3 is 2.59 bits per heavy atom. The fourth-order valence-electron chi connectivity index (χ4n) is 3.49. The van der Waals surface area contributed by atoms with Gasteiger partial charge in [0, 0.05) is 38.6 Å². The topological polar surface area (TPSA) is 35.6 Å². The van der Waals surface area contributed by atoms with Crippen LogP contribution >= 0.6 is 0 Å². The number of amides is 1. The molecule has 0 bridgehead atoms. The summed E-state index contributed by atoms with van der Waals surface area (Å²) >= 11 is 0. The van der Waals surface area contributed by atoms with Gasteiger partial charge in [0.15, 0.2) is 0 Å². The Balaban J connectivity index is 1.47. The molecule has 1 aromatic rings. The van der Waals surface area contributed by atoms with Crippen LogP contribution in [0.1, 0.15) is 24.8 Å². The van der Waals surface area contributed by atoms with Crippen LogP contribution in [-0.2, 0) is 11.3 Å². The standard InChI is InChI=1S/C18H27N3O/c22-18(17-7-4-9-19-10-8-17)21-13-11-20(12-14-21)15-16-5-2-1-3-6-16/h1-3,5-6,17,19H,4,7-15H2. The maximum Gasteiger partial charge on any atom is 0.225 e. The van der Waals surface area contributed by atoms with E-state index in [1.54, 1.807) is 0 Å². The minimum atomic E-state index is 0.246. The molecular weight excluding hydrogens is 274 g/mol. The first kappa shape index (κ1) is 15.5. The number of carbonyl (C=O) groups excluding carboxylic acids is 1. The van der Waals surface area contributed by atoms with E-state index >= 15 is 0 Å². The lowest BCUT2D eigenvalue weighted by molar-refractivity contribution is -0.137. The number of hydrogen-bond acceptors (Lipinski definition) is 3. The van der Waals surface area contributed by atoms with Crippen LogP contribution in [0.4, 0.5) is 0 Å². The van der Waals surface area contributed by atoms with Crippen LogP contribution in [-0.4, -0.2) is 55.0 Å². The summed E-state index contributed by atoms with van der Waals surface area (Å²) in [4.78, 5) is 17.2. The van der Waals surface area contributed by atoms with E-state index in [9.17, 15) is 4.79 Å². The molecule has 1 atom stereocenters. The summed E-state index contributed by atoms with van der Waals surface area (Å²) in [6, 6.07) is 10.6. The molecule has 1 unspecified atom stereocenters. The average molecular weight is 301 g/mol. The van der Waals surface area contributed by atoms with E-state index in [1.807, 2.05) is 0 Å². The average Bonchev–Trinajstić information content (AvgIpc) is 2.85. The molecule has 0 saturated carbocycles. The van der Waals surface area contributed by atoms with Gasteiger partial charge in [0.05, 0.1) is 0 Å². The first-order valence-corrected chi connectivity index (χ1v) is 8.59. The lowest BCUT2D eigenvalue weighted by Crippen LogP contribution is -2.50. The first-order valence-electron chi connectivity index (χ1n) is 8.59. The second-order valence-corrected chi connectivity index (χ2v) is 6.46. The predicted molar refractivity (Wildman–Crippen MR) is 88.5 cm³/mol. The smallest absolute Gasteiger partial charge is 0.225 e. The number of hydrogen-bond donors (Lipinski definition) is 1. The molecule has 120 valence electrons. The molecule has 22 heavy (non-hydrogen) atoms. The highest BCUT2D eigenvalue weighted by atomic mass is 16.2. The summed E-state index contributed by atoms with van der Waals surface area (Å²) in [5.74, 6) is 0.638. The van der Waals surface area contributed by atoms with E-state index in [1.165, 1.54) is 5.56 Å². The third-order valence-corrected chi connectivity index (χ3v) is 4.86. The molecule has 3 rings (SSSR count). The van der Waals surface area contributed by atoms with Gasteiger partial charge in [0.25, 0.3) is 0 Å². The van der Waals surface area contributed by atoms with Crippen molar-refractivity contribution >= 4 is 5.91 Å². The van der Waals surface area contributed by atoms with Crippen molar-refractivity contribution in [3.05, 3.63) is 35.9 Å². The van der Waals surface area contributed by atoms with Crippen molar-refractivity contribution < 1.29 is 4.79 Å². The molecule has 0 aliphatic carbocycles. The molecule has 2 fully saturated rings. The molecule has 1 N–H and O–H groups in total. The van der Waals surface area contributed by atoms with Crippen LogP contribution in [0, 0.1) is 5.92 Å². The summed E-state index contributed by atoms with van der Waals surface area (Å²) in [6.07, 6.45) is 3.18. The molecule has 4 heteroatoms. The number of nitrogens with zero attached hydrogens (tertiary/aromatic N) is 2. The Morgan fingerprint density at radius 2 is 1.82 bits per heavy atom. The van der Waals surface area contributed by atoms with E-state index in [0.717, 1.165) is 65.1 Å². The quantitative estimate of drug-likeness (QED) is 0.923. The third-order valence-electron chi connectivity index (χ3n) is 4.86. The van der Waals surface area contributed by atoms with E-state index in [-0.39, 0.29) is 5.92 Å². The summed E-state index contributed by atoms with van der Waals surface area (Å²) in [6.45, 7) is 6.80. The predicted octanol–water partition coefficient (Wildman–Crippen LogP) is 1.72. The molecule has 2 aliphatic rings. The lowest BCUT2D eigenvalue weighted by atomic mass is 9.98. The first-order chi connectivity index (χ1) is 10.8. The Kier molecular flexibility index (Phi) is 5.46. The number of carbonyl (C=O) groups is 1. The van der Waals surface area contributed by atoms with Gasteiger partial charge in [-0.25, -0.2) is 0 Å². The fourth-order valence-corrected chi connectivity index (χ4v) is 3.49. The SMILES string of the molecule is O=C(C1CCCNCC1)N1CCN(Cc2ccccc2)CC1. The van der Waals surface area contributed by atoms with Gasteiger partial charge >= 0.3 is 0 Å². The van der Waals surface area contributed by atoms with E-state index < -0.39 is 0 Å². The number of piperazine rings is 1. The number of nitrogens with one attached hydrogen (secondary N) is 1. The van der Waals surface area contributed by atoms with Crippen LogP contribution in [0.5, 0.6) is 0 Å². The van der Waals surface area contributed by atoms with E-state index in [0.29, 0.717) is 5.91 Å². The van der Waals surface area contributed by atoms with Crippen molar-refractivity contribution in [2.45, 2.75) is 25.8 Å². The monoisotopic (exact) mass is 301 g/mol. The molecule has 0 spiro atoms. The van der Waals surface area contributed by atoms with Gasteiger partial charge < -0.3 is 10.2 Å². The Labute approximate surface area is 133 Å². The van der Waals surface area contributed by atoms with Gasteiger partial charge in [0.2, 0.25) is 5.91 Å². The van der Waals surface area contributed by atoms with Crippen molar-refractivity contribution in [3.8, 4) is 0 Å². The second-order valence-electron chi connectivity index (χ2n) is 6.46. The fraction of sp³-hybridized carbons (Fsp3) is 0.611. The number of rotatable bonds is 3. The molecule has 0 radical (unpaired) electrons. The Bertz CT molecular complexity index is 460. The molecular formula is C18H27N3O. The van der Waals surface area contributed by atoms with Crippen LogP contribution in [0.3, 0.4) is 0 Å². The summed E-state index contributed by atoms with van der Waals surface area (Å²) < 4.78 is 0. The van der Waals surface area contributed by atoms with Gasteiger partial charge in [-0.05, 0) is 37.9 Å². The zero-order valence-corrected chi connectivity index (χ0v) is 13.3. The van der Waals surface area contributed by atoms with E-state index in [4.69, 9.17) is 0 Å². The van der Waals surface area contributed by atoms with E-state index in [2.05, 4.69) is 45.4 Å².